The van der Waals surface area contributed by atoms with Gasteiger partial charge in [0, 0.05) is 34.9 Å². The lowest BCUT2D eigenvalue weighted by Gasteiger charge is -2.13. The summed E-state index contributed by atoms with van der Waals surface area (Å²) in [5.41, 5.74) is -0.137. The Hall–Kier alpha value is -2.01. The third kappa shape index (κ3) is 3.78. The van der Waals surface area contributed by atoms with E-state index in [1.807, 2.05) is 6.07 Å². The molecule has 0 spiro atoms. The maximum atomic E-state index is 11.0. The highest BCUT2D eigenvalue weighted by molar-refractivity contribution is 7.84. The molecule has 0 radical (unpaired) electrons. The number of aromatic nitrogens is 1. The van der Waals surface area contributed by atoms with Crippen LogP contribution in [0.25, 0.3) is 0 Å². The highest BCUT2D eigenvalue weighted by atomic mass is 32.2. The van der Waals surface area contributed by atoms with Crippen molar-refractivity contribution in [2.75, 3.05) is 17.3 Å². The summed E-state index contributed by atoms with van der Waals surface area (Å²) in [4.78, 5) is 13.8. The van der Waals surface area contributed by atoms with Gasteiger partial charge >= 0.3 is 0 Å². The molecule has 0 saturated heterocycles. The van der Waals surface area contributed by atoms with Gasteiger partial charge in [0.15, 0.2) is 0 Å². The second kappa shape index (κ2) is 6.07. The van der Waals surface area contributed by atoms with Crippen LogP contribution in [-0.4, -0.2) is 32.2 Å². The van der Waals surface area contributed by atoms with Crippen LogP contribution >= 0.6 is 0 Å². The summed E-state index contributed by atoms with van der Waals surface area (Å²) in [5.74, 6) is 0.671. The minimum Gasteiger partial charge on any atom is -0.366 e. The molecular weight excluding hydrogens is 256 g/mol. The van der Waals surface area contributed by atoms with Crippen molar-refractivity contribution in [1.29, 1.82) is 5.26 Å². The molecule has 8 heteroatoms. The van der Waals surface area contributed by atoms with Crippen LogP contribution in [0.15, 0.2) is 12.3 Å². The lowest BCUT2D eigenvalue weighted by Crippen LogP contribution is -2.23. The molecule has 0 amide bonds. The Morgan fingerprint density at radius 3 is 2.89 bits per heavy atom. The van der Waals surface area contributed by atoms with Crippen molar-refractivity contribution in [3.05, 3.63) is 27.9 Å². The topological polar surface area (TPSA) is 109 Å². The van der Waals surface area contributed by atoms with Crippen LogP contribution in [0.3, 0.4) is 0 Å². The zero-order chi connectivity index (χ0) is 13.7. The van der Waals surface area contributed by atoms with Crippen LogP contribution in [0.5, 0.6) is 0 Å². The fraction of sp³-hybridized carbons (Fsp3) is 0.400. The van der Waals surface area contributed by atoms with E-state index in [1.54, 1.807) is 13.2 Å². The SMILES string of the molecule is CC(CS(C)=O)Nc1ncc([N+](=O)[O-])cc1C#N. The number of nitro groups is 1. The van der Waals surface area contributed by atoms with Gasteiger partial charge in [-0.2, -0.15) is 5.26 Å². The molecule has 0 fully saturated rings. The summed E-state index contributed by atoms with van der Waals surface area (Å²) in [6.07, 6.45) is 2.66. The van der Waals surface area contributed by atoms with Crippen molar-refractivity contribution in [2.24, 2.45) is 0 Å². The first kappa shape index (κ1) is 14.1. The molecule has 0 aliphatic heterocycles. The highest BCUT2D eigenvalue weighted by Gasteiger charge is 2.14. The van der Waals surface area contributed by atoms with Gasteiger partial charge < -0.3 is 5.32 Å². The van der Waals surface area contributed by atoms with Gasteiger partial charge in [0.1, 0.15) is 23.6 Å². The van der Waals surface area contributed by atoms with Gasteiger partial charge in [-0.1, -0.05) is 0 Å². The fourth-order valence-corrected chi connectivity index (χ4v) is 2.17. The molecule has 0 bridgehead atoms. The van der Waals surface area contributed by atoms with Gasteiger partial charge in [0.25, 0.3) is 5.69 Å². The van der Waals surface area contributed by atoms with E-state index in [1.165, 1.54) is 0 Å². The van der Waals surface area contributed by atoms with Gasteiger partial charge in [0.05, 0.1) is 4.92 Å². The molecule has 1 N–H and O–H groups in total. The fourth-order valence-electron chi connectivity index (χ4n) is 1.38. The van der Waals surface area contributed by atoms with E-state index in [2.05, 4.69) is 10.3 Å². The predicted molar refractivity (Wildman–Crippen MR) is 67.6 cm³/mol. The summed E-state index contributed by atoms with van der Waals surface area (Å²) in [6, 6.07) is 2.86. The zero-order valence-electron chi connectivity index (χ0n) is 9.91. The van der Waals surface area contributed by atoms with Crippen LogP contribution in [0.1, 0.15) is 12.5 Å². The van der Waals surface area contributed by atoms with Crippen molar-refractivity contribution in [3.8, 4) is 6.07 Å². The average molecular weight is 268 g/mol. The first-order chi connectivity index (χ1) is 8.43. The van der Waals surface area contributed by atoms with Gasteiger partial charge in [0.2, 0.25) is 0 Å². The Labute approximate surface area is 106 Å². The Kier molecular flexibility index (Phi) is 4.74. The standard InChI is InChI=1S/C10H12N4O3S/c1-7(6-18(2)17)13-10-8(4-11)3-9(5-12-10)14(15)16/h3,5,7H,6H2,1-2H3,(H,12,13). The molecule has 7 nitrogen and oxygen atoms in total. The van der Waals surface area contributed by atoms with Crippen molar-refractivity contribution >= 4 is 22.3 Å². The van der Waals surface area contributed by atoms with Gasteiger partial charge in [-0.25, -0.2) is 4.98 Å². The van der Waals surface area contributed by atoms with Gasteiger partial charge in [-0.3, -0.25) is 14.3 Å². The molecule has 0 aromatic carbocycles. The van der Waals surface area contributed by atoms with Crippen molar-refractivity contribution < 1.29 is 9.13 Å². The second-order valence-electron chi connectivity index (χ2n) is 3.74. The summed E-state index contributed by atoms with van der Waals surface area (Å²) in [6.45, 7) is 1.80. The normalized spacial score (nSPS) is 13.4. The summed E-state index contributed by atoms with van der Waals surface area (Å²) in [7, 11) is -0.971. The lowest BCUT2D eigenvalue weighted by atomic mass is 10.2. The van der Waals surface area contributed by atoms with Crippen molar-refractivity contribution in [2.45, 2.75) is 13.0 Å². The van der Waals surface area contributed by atoms with E-state index in [9.17, 15) is 14.3 Å². The molecule has 1 heterocycles. The number of nitriles is 1. The molecule has 2 atom stereocenters. The molecule has 18 heavy (non-hydrogen) atoms. The van der Waals surface area contributed by atoms with E-state index in [-0.39, 0.29) is 23.1 Å². The Bertz CT molecular complexity index is 526. The van der Waals surface area contributed by atoms with Gasteiger partial charge in [-0.05, 0) is 6.92 Å². The van der Waals surface area contributed by atoms with Crippen molar-refractivity contribution in [1.82, 2.24) is 4.98 Å². The number of rotatable bonds is 5. The molecule has 1 aromatic heterocycles. The Morgan fingerprint density at radius 2 is 2.39 bits per heavy atom. The van der Waals surface area contributed by atoms with E-state index in [0.717, 1.165) is 12.3 Å². The van der Waals surface area contributed by atoms with E-state index >= 15 is 0 Å². The second-order valence-corrected chi connectivity index (χ2v) is 5.22. The predicted octanol–water partition coefficient (Wildman–Crippen LogP) is 1.04. The maximum Gasteiger partial charge on any atom is 0.289 e. The number of nitrogens with zero attached hydrogens (tertiary/aromatic N) is 3. The lowest BCUT2D eigenvalue weighted by molar-refractivity contribution is -0.385. The number of hydrogen-bond donors (Lipinski definition) is 1. The minimum atomic E-state index is -0.971. The third-order valence-corrected chi connectivity index (χ3v) is 3.04. The molecular formula is C10H12N4O3S. The quantitative estimate of drug-likeness (QED) is 0.631. The third-order valence-electron chi connectivity index (χ3n) is 2.07. The van der Waals surface area contributed by atoms with Gasteiger partial charge in [-0.15, -0.1) is 0 Å². The smallest absolute Gasteiger partial charge is 0.289 e. The zero-order valence-corrected chi connectivity index (χ0v) is 10.7. The average Bonchev–Trinajstić information content (AvgIpc) is 2.27. The van der Waals surface area contributed by atoms with Crippen LogP contribution < -0.4 is 5.32 Å². The number of nitrogens with one attached hydrogen (secondary N) is 1. The van der Waals surface area contributed by atoms with Crippen LogP contribution in [0, 0.1) is 21.4 Å². The minimum absolute atomic E-state index is 0.0953. The molecule has 0 saturated carbocycles. The summed E-state index contributed by atoms with van der Waals surface area (Å²) < 4.78 is 11.0. The van der Waals surface area contributed by atoms with E-state index in [4.69, 9.17) is 5.26 Å². The molecule has 1 rings (SSSR count). The molecule has 96 valence electrons. The Morgan fingerprint density at radius 1 is 1.72 bits per heavy atom. The highest BCUT2D eigenvalue weighted by Crippen LogP contribution is 2.18. The van der Waals surface area contributed by atoms with Crippen LogP contribution in [0.2, 0.25) is 0 Å². The largest absolute Gasteiger partial charge is 0.366 e. The summed E-state index contributed by atoms with van der Waals surface area (Å²) in [5, 5.41) is 22.4. The monoisotopic (exact) mass is 268 g/mol. The number of anilines is 1. The maximum absolute atomic E-state index is 11.0. The summed E-state index contributed by atoms with van der Waals surface area (Å²) >= 11 is 0. The number of hydrogen-bond acceptors (Lipinski definition) is 6. The van der Waals surface area contributed by atoms with Crippen LogP contribution in [-0.2, 0) is 10.8 Å². The number of pyridine rings is 1. The molecule has 0 aliphatic rings. The van der Waals surface area contributed by atoms with E-state index in [0.29, 0.717) is 5.75 Å². The Balaban J connectivity index is 2.93. The van der Waals surface area contributed by atoms with Crippen LogP contribution in [0.4, 0.5) is 11.5 Å². The molecule has 2 unspecified atom stereocenters. The molecule has 0 aliphatic carbocycles. The first-order valence-electron chi connectivity index (χ1n) is 5.05. The molecule has 1 aromatic rings. The van der Waals surface area contributed by atoms with Crippen molar-refractivity contribution in [3.63, 3.8) is 0 Å². The first-order valence-corrected chi connectivity index (χ1v) is 6.78. The van der Waals surface area contributed by atoms with E-state index < -0.39 is 15.7 Å².